The lowest BCUT2D eigenvalue weighted by Crippen LogP contribution is -2.36. The maximum Gasteiger partial charge on any atom is 0.277 e. The number of morpholine rings is 1. The third kappa shape index (κ3) is 4.60. The molecule has 37 heavy (non-hydrogen) atoms. The van der Waals surface area contributed by atoms with Crippen LogP contribution in [0.5, 0.6) is 0 Å². The molecule has 0 aliphatic carbocycles. The Balaban J connectivity index is 1.36. The molecule has 3 aromatic heterocycles. The molecule has 5 heterocycles. The fourth-order valence-electron chi connectivity index (χ4n) is 4.70. The molecule has 2 aliphatic heterocycles. The van der Waals surface area contributed by atoms with Crippen molar-refractivity contribution in [2.45, 2.75) is 19.6 Å². The quantitative estimate of drug-likeness (QED) is 0.258. The van der Waals surface area contributed by atoms with Crippen LogP contribution in [-0.4, -0.2) is 64.4 Å². The van der Waals surface area contributed by atoms with Crippen LogP contribution in [0.25, 0.3) is 21.6 Å². The number of carbonyl (C=O) groups is 1. The van der Waals surface area contributed by atoms with E-state index in [9.17, 15) is 4.79 Å². The lowest BCUT2D eigenvalue weighted by molar-refractivity contribution is 0.0705. The van der Waals surface area contributed by atoms with Crippen LogP contribution in [0.1, 0.15) is 26.4 Å². The minimum atomic E-state index is -0.649. The highest BCUT2D eigenvalue weighted by atomic mass is 32.1. The highest BCUT2D eigenvalue weighted by molar-refractivity contribution is 7.19. The van der Waals surface area contributed by atoms with E-state index >= 15 is 0 Å². The molecule has 1 saturated heterocycles. The topological polar surface area (TPSA) is 129 Å². The molecule has 6 rings (SSSR count). The van der Waals surface area contributed by atoms with E-state index in [0.29, 0.717) is 25.7 Å². The van der Waals surface area contributed by atoms with E-state index < -0.39 is 5.91 Å². The first-order valence-electron chi connectivity index (χ1n) is 12.0. The van der Waals surface area contributed by atoms with Gasteiger partial charge in [0.25, 0.3) is 5.91 Å². The number of rotatable bonds is 6. The molecule has 0 spiro atoms. The monoisotopic (exact) mass is 518 g/mol. The van der Waals surface area contributed by atoms with E-state index in [1.165, 1.54) is 23.5 Å². The standard InChI is InChI=1S/C25H26N8O3S/c1-32(25-27-11-16(12-28-25)24(34)31-35)14-17-9-20-21(37-17)23(33-5-7-36-8-6-33)30-22(29-20)18-4-2-3-15-10-26-13-19(15)18/h2-4,9,11-12,26,35H,5-8,10,13-14H2,1H3,(H,31,34). The minimum Gasteiger partial charge on any atom is -0.378 e. The van der Waals surface area contributed by atoms with E-state index in [1.54, 1.807) is 16.8 Å². The smallest absolute Gasteiger partial charge is 0.277 e. The van der Waals surface area contributed by atoms with Crippen molar-refractivity contribution in [3.8, 4) is 11.4 Å². The van der Waals surface area contributed by atoms with Gasteiger partial charge in [0, 0.05) is 56.1 Å². The first-order chi connectivity index (χ1) is 18.1. The molecule has 0 saturated carbocycles. The zero-order valence-electron chi connectivity index (χ0n) is 20.3. The average Bonchev–Trinajstić information content (AvgIpc) is 3.59. The maximum atomic E-state index is 11.6. The van der Waals surface area contributed by atoms with Gasteiger partial charge in [0.2, 0.25) is 5.95 Å². The molecule has 12 heteroatoms. The van der Waals surface area contributed by atoms with Gasteiger partial charge in [-0.3, -0.25) is 10.0 Å². The van der Waals surface area contributed by atoms with Crippen LogP contribution in [0.4, 0.5) is 11.8 Å². The van der Waals surface area contributed by atoms with Crippen molar-refractivity contribution in [1.82, 2.24) is 30.7 Å². The van der Waals surface area contributed by atoms with Crippen LogP contribution < -0.4 is 20.6 Å². The number of ether oxygens (including phenoxy) is 1. The van der Waals surface area contributed by atoms with Crippen molar-refractivity contribution in [2.24, 2.45) is 0 Å². The summed E-state index contributed by atoms with van der Waals surface area (Å²) in [6.45, 7) is 5.17. The Morgan fingerprint density at radius 2 is 2.03 bits per heavy atom. The molecule has 0 atom stereocenters. The molecule has 1 aromatic carbocycles. The van der Waals surface area contributed by atoms with Gasteiger partial charge in [0.1, 0.15) is 0 Å². The summed E-state index contributed by atoms with van der Waals surface area (Å²) >= 11 is 1.67. The Morgan fingerprint density at radius 1 is 1.22 bits per heavy atom. The SMILES string of the molecule is CN(Cc1cc2nc(-c3cccc4c3CNC4)nc(N3CCOCC3)c2s1)c1ncc(C(=O)NO)cn1. The summed E-state index contributed by atoms with van der Waals surface area (Å²) in [7, 11) is 1.89. The summed E-state index contributed by atoms with van der Waals surface area (Å²) in [6, 6.07) is 8.45. The van der Waals surface area contributed by atoms with Crippen LogP contribution in [0.2, 0.25) is 0 Å². The third-order valence-corrected chi connectivity index (χ3v) is 7.69. The summed E-state index contributed by atoms with van der Waals surface area (Å²) in [4.78, 5) is 35.5. The number of hydrogen-bond donors (Lipinski definition) is 3. The number of nitrogens with zero attached hydrogens (tertiary/aromatic N) is 6. The number of hydrogen-bond acceptors (Lipinski definition) is 11. The molecule has 0 bridgehead atoms. The lowest BCUT2D eigenvalue weighted by atomic mass is 10.0. The molecule has 190 valence electrons. The molecule has 2 aliphatic rings. The Labute approximate surface area is 217 Å². The number of fused-ring (bicyclic) bond motifs is 2. The molecule has 0 unspecified atom stereocenters. The largest absolute Gasteiger partial charge is 0.378 e. The van der Waals surface area contributed by atoms with E-state index in [2.05, 4.69) is 44.5 Å². The van der Waals surface area contributed by atoms with Gasteiger partial charge in [0.05, 0.1) is 35.5 Å². The Morgan fingerprint density at radius 3 is 2.81 bits per heavy atom. The van der Waals surface area contributed by atoms with E-state index in [-0.39, 0.29) is 5.56 Å². The predicted octanol–water partition coefficient (Wildman–Crippen LogP) is 2.34. The van der Waals surface area contributed by atoms with E-state index in [1.807, 2.05) is 11.9 Å². The molecule has 1 amide bonds. The number of aromatic nitrogens is 4. The summed E-state index contributed by atoms with van der Waals surface area (Å²) in [5.74, 6) is 1.51. The molecule has 4 aromatic rings. The fraction of sp³-hybridized carbons (Fsp3) is 0.320. The van der Waals surface area contributed by atoms with Gasteiger partial charge in [-0.05, 0) is 17.2 Å². The number of nitrogens with one attached hydrogen (secondary N) is 2. The van der Waals surface area contributed by atoms with Gasteiger partial charge < -0.3 is 19.9 Å². The molecule has 1 fully saturated rings. The predicted molar refractivity (Wildman–Crippen MR) is 140 cm³/mol. The third-order valence-electron chi connectivity index (χ3n) is 6.58. The van der Waals surface area contributed by atoms with Crippen LogP contribution in [-0.2, 0) is 24.4 Å². The number of thiophene rings is 1. The second kappa shape index (κ2) is 9.98. The van der Waals surface area contributed by atoms with Crippen molar-refractivity contribution < 1.29 is 14.7 Å². The van der Waals surface area contributed by atoms with Crippen molar-refractivity contribution in [1.29, 1.82) is 0 Å². The van der Waals surface area contributed by atoms with Gasteiger partial charge >= 0.3 is 0 Å². The Bertz CT molecular complexity index is 1450. The van der Waals surface area contributed by atoms with Gasteiger partial charge in [-0.2, -0.15) is 0 Å². The summed E-state index contributed by atoms with van der Waals surface area (Å²) in [5, 5.41) is 12.2. The number of amides is 1. The van der Waals surface area contributed by atoms with Crippen LogP contribution in [0.3, 0.4) is 0 Å². The van der Waals surface area contributed by atoms with Crippen molar-refractivity contribution in [2.75, 3.05) is 43.2 Å². The molecule has 3 N–H and O–H groups in total. The maximum absolute atomic E-state index is 11.6. The van der Waals surface area contributed by atoms with Gasteiger partial charge in [0.15, 0.2) is 11.6 Å². The van der Waals surface area contributed by atoms with E-state index in [4.69, 9.17) is 19.9 Å². The first-order valence-corrected chi connectivity index (χ1v) is 12.8. The second-order valence-electron chi connectivity index (χ2n) is 9.01. The first kappa shape index (κ1) is 23.7. The van der Waals surface area contributed by atoms with Crippen LogP contribution in [0, 0.1) is 0 Å². The van der Waals surface area contributed by atoms with Crippen molar-refractivity contribution in [3.05, 3.63) is 58.2 Å². The van der Waals surface area contributed by atoms with E-state index in [0.717, 1.165) is 58.5 Å². The van der Waals surface area contributed by atoms with Crippen molar-refractivity contribution >= 4 is 39.2 Å². The van der Waals surface area contributed by atoms with Crippen molar-refractivity contribution in [3.63, 3.8) is 0 Å². The number of hydroxylamine groups is 1. The summed E-state index contributed by atoms with van der Waals surface area (Å²) in [6.07, 6.45) is 2.77. The fourth-order valence-corrected chi connectivity index (χ4v) is 5.86. The van der Waals surface area contributed by atoms with Gasteiger partial charge in [-0.15, -0.1) is 11.3 Å². The second-order valence-corrected chi connectivity index (χ2v) is 10.1. The molecular formula is C25H26N8O3S. The summed E-state index contributed by atoms with van der Waals surface area (Å²) in [5.41, 5.74) is 6.32. The summed E-state index contributed by atoms with van der Waals surface area (Å²) < 4.78 is 6.65. The van der Waals surface area contributed by atoms with Gasteiger partial charge in [-0.1, -0.05) is 18.2 Å². The zero-order chi connectivity index (χ0) is 25.4. The van der Waals surface area contributed by atoms with Crippen LogP contribution >= 0.6 is 11.3 Å². The number of benzene rings is 1. The van der Waals surface area contributed by atoms with Gasteiger partial charge in [-0.25, -0.2) is 25.4 Å². The lowest BCUT2D eigenvalue weighted by Gasteiger charge is -2.28. The minimum absolute atomic E-state index is 0.182. The normalized spacial score (nSPS) is 15.1. The Hall–Kier alpha value is -3.71. The molecule has 0 radical (unpaired) electrons. The highest BCUT2D eigenvalue weighted by Crippen LogP contribution is 2.36. The van der Waals surface area contributed by atoms with Crippen LogP contribution in [0.15, 0.2) is 36.7 Å². The average molecular weight is 519 g/mol. The molecular weight excluding hydrogens is 492 g/mol. The number of carbonyl (C=O) groups excluding carboxylic acids is 1. The highest BCUT2D eigenvalue weighted by Gasteiger charge is 2.23. The zero-order valence-corrected chi connectivity index (χ0v) is 21.1. The Kier molecular flexibility index (Phi) is 6.38. The molecule has 11 nitrogen and oxygen atoms in total. The number of anilines is 2.